The molecule has 3 heterocycles. The van der Waals surface area contributed by atoms with Crippen molar-refractivity contribution in [3.63, 3.8) is 0 Å². The van der Waals surface area contributed by atoms with E-state index in [-0.39, 0.29) is 30.7 Å². The van der Waals surface area contributed by atoms with E-state index in [1.54, 1.807) is 4.40 Å². The van der Waals surface area contributed by atoms with E-state index in [4.69, 9.17) is 0 Å². The summed E-state index contributed by atoms with van der Waals surface area (Å²) >= 11 is 0. The molecule has 1 aliphatic heterocycles. The first-order valence-corrected chi connectivity index (χ1v) is 7.13. The SMILES string of the molecule is Cl.Cl.O=C(CCC1CCNCC1)Nc1nnc2ccccn12. The van der Waals surface area contributed by atoms with Crippen LogP contribution in [0.15, 0.2) is 24.4 Å². The van der Waals surface area contributed by atoms with Crippen LogP contribution in [-0.4, -0.2) is 33.6 Å². The summed E-state index contributed by atoms with van der Waals surface area (Å²) in [5.41, 5.74) is 0.737. The topological polar surface area (TPSA) is 71.3 Å². The second-order valence-corrected chi connectivity index (χ2v) is 5.23. The molecule has 0 spiro atoms. The Morgan fingerprint density at radius 3 is 2.82 bits per heavy atom. The number of fused-ring (bicyclic) bond motifs is 1. The van der Waals surface area contributed by atoms with Gasteiger partial charge < -0.3 is 5.32 Å². The molecule has 0 aromatic carbocycles. The number of rotatable bonds is 4. The maximum atomic E-state index is 12.0. The maximum absolute atomic E-state index is 12.0. The summed E-state index contributed by atoms with van der Waals surface area (Å²) in [6, 6.07) is 5.64. The minimum Gasteiger partial charge on any atom is -0.317 e. The molecule has 1 aliphatic rings. The van der Waals surface area contributed by atoms with Gasteiger partial charge in [-0.15, -0.1) is 35.0 Å². The summed E-state index contributed by atoms with van der Waals surface area (Å²) < 4.78 is 1.78. The van der Waals surface area contributed by atoms with Crippen molar-refractivity contribution in [3.05, 3.63) is 24.4 Å². The predicted octanol–water partition coefficient (Wildman–Crippen LogP) is 2.29. The van der Waals surface area contributed by atoms with Gasteiger partial charge in [-0.1, -0.05) is 6.07 Å². The van der Waals surface area contributed by atoms with E-state index in [2.05, 4.69) is 20.8 Å². The lowest BCUT2D eigenvalue weighted by Crippen LogP contribution is -2.28. The van der Waals surface area contributed by atoms with Crippen molar-refractivity contribution in [1.29, 1.82) is 0 Å². The number of carbonyl (C=O) groups is 1. The lowest BCUT2D eigenvalue weighted by molar-refractivity contribution is -0.116. The maximum Gasteiger partial charge on any atom is 0.235 e. The van der Waals surface area contributed by atoms with E-state index >= 15 is 0 Å². The summed E-state index contributed by atoms with van der Waals surface area (Å²) in [6.07, 6.45) is 5.68. The van der Waals surface area contributed by atoms with Crippen LogP contribution in [0.2, 0.25) is 0 Å². The second-order valence-electron chi connectivity index (χ2n) is 5.23. The molecule has 2 aromatic rings. The van der Waals surface area contributed by atoms with Crippen molar-refractivity contribution >= 4 is 42.3 Å². The Hall–Kier alpha value is -1.37. The number of piperidine rings is 1. The van der Waals surface area contributed by atoms with Crippen LogP contribution in [0.3, 0.4) is 0 Å². The number of halogens is 2. The first kappa shape index (κ1) is 18.7. The molecule has 0 atom stereocenters. The quantitative estimate of drug-likeness (QED) is 0.891. The molecule has 122 valence electrons. The molecular weight excluding hydrogens is 325 g/mol. The normalized spacial score (nSPS) is 14.9. The van der Waals surface area contributed by atoms with Crippen LogP contribution in [0.4, 0.5) is 5.95 Å². The lowest BCUT2D eigenvalue weighted by Gasteiger charge is -2.21. The zero-order valence-corrected chi connectivity index (χ0v) is 13.8. The molecule has 1 saturated heterocycles. The molecule has 1 fully saturated rings. The summed E-state index contributed by atoms with van der Waals surface area (Å²) in [5.74, 6) is 1.18. The van der Waals surface area contributed by atoms with E-state index in [9.17, 15) is 4.79 Å². The highest BCUT2D eigenvalue weighted by Crippen LogP contribution is 2.18. The largest absolute Gasteiger partial charge is 0.317 e. The number of nitrogens with one attached hydrogen (secondary N) is 2. The fourth-order valence-electron chi connectivity index (χ4n) is 2.62. The molecule has 22 heavy (non-hydrogen) atoms. The second kappa shape index (κ2) is 8.92. The van der Waals surface area contributed by atoms with Gasteiger partial charge in [0.1, 0.15) is 0 Å². The Balaban J connectivity index is 0.00000121. The molecule has 0 saturated carbocycles. The van der Waals surface area contributed by atoms with Crippen LogP contribution >= 0.6 is 24.8 Å². The van der Waals surface area contributed by atoms with Gasteiger partial charge in [0.15, 0.2) is 5.65 Å². The van der Waals surface area contributed by atoms with Crippen LogP contribution in [0.1, 0.15) is 25.7 Å². The number of nitrogens with zero attached hydrogens (tertiary/aromatic N) is 3. The molecule has 1 amide bonds. The third-order valence-corrected chi connectivity index (χ3v) is 3.80. The Kier molecular flexibility index (Phi) is 7.58. The Labute approximate surface area is 141 Å². The van der Waals surface area contributed by atoms with Gasteiger partial charge in [-0.25, -0.2) is 0 Å². The Morgan fingerprint density at radius 1 is 1.27 bits per heavy atom. The third-order valence-electron chi connectivity index (χ3n) is 3.80. The monoisotopic (exact) mass is 345 g/mol. The first-order valence-electron chi connectivity index (χ1n) is 7.13. The third kappa shape index (κ3) is 4.56. The number of carbonyl (C=O) groups excluding carboxylic acids is 1. The van der Waals surface area contributed by atoms with Gasteiger partial charge >= 0.3 is 0 Å². The summed E-state index contributed by atoms with van der Waals surface area (Å²) in [5, 5.41) is 14.2. The van der Waals surface area contributed by atoms with Crippen molar-refractivity contribution in [2.45, 2.75) is 25.7 Å². The number of anilines is 1. The number of aromatic nitrogens is 3. The van der Waals surface area contributed by atoms with Crippen LogP contribution in [0.5, 0.6) is 0 Å². The van der Waals surface area contributed by atoms with Crippen molar-refractivity contribution in [1.82, 2.24) is 19.9 Å². The minimum absolute atomic E-state index is 0. The average Bonchev–Trinajstić information content (AvgIpc) is 2.90. The fraction of sp³-hybridized carbons (Fsp3) is 0.500. The number of hydrogen-bond acceptors (Lipinski definition) is 4. The molecule has 6 nitrogen and oxygen atoms in total. The summed E-state index contributed by atoms with van der Waals surface area (Å²) in [4.78, 5) is 12.0. The highest BCUT2D eigenvalue weighted by atomic mass is 35.5. The standard InChI is InChI=1S/C14H19N5O.2ClH/c20-13(5-4-11-6-8-15-9-7-11)16-14-18-17-12-3-1-2-10-19(12)14;;/h1-3,10-11,15H,4-9H2,(H,16,18,20);2*1H. The summed E-state index contributed by atoms with van der Waals surface area (Å²) in [7, 11) is 0. The first-order chi connectivity index (χ1) is 9.83. The molecule has 0 radical (unpaired) electrons. The van der Waals surface area contributed by atoms with Crippen molar-refractivity contribution in [3.8, 4) is 0 Å². The molecule has 0 bridgehead atoms. The van der Waals surface area contributed by atoms with Crippen molar-refractivity contribution in [2.75, 3.05) is 18.4 Å². The van der Waals surface area contributed by atoms with Gasteiger partial charge in [-0.3, -0.25) is 14.5 Å². The lowest BCUT2D eigenvalue weighted by atomic mass is 9.93. The van der Waals surface area contributed by atoms with E-state index in [1.807, 2.05) is 24.4 Å². The van der Waals surface area contributed by atoms with E-state index in [0.29, 0.717) is 18.3 Å². The smallest absolute Gasteiger partial charge is 0.235 e. The Bertz CT molecular complexity index is 598. The van der Waals surface area contributed by atoms with E-state index < -0.39 is 0 Å². The number of pyridine rings is 1. The van der Waals surface area contributed by atoms with Crippen LogP contribution in [-0.2, 0) is 4.79 Å². The molecule has 2 N–H and O–H groups in total. The van der Waals surface area contributed by atoms with Gasteiger partial charge in [0.2, 0.25) is 11.9 Å². The molecule has 0 unspecified atom stereocenters. The molecule has 8 heteroatoms. The van der Waals surface area contributed by atoms with Gasteiger partial charge in [-0.05, 0) is 50.4 Å². The zero-order valence-electron chi connectivity index (χ0n) is 12.2. The highest BCUT2D eigenvalue weighted by molar-refractivity contribution is 5.89. The molecule has 2 aromatic heterocycles. The van der Waals surface area contributed by atoms with Gasteiger partial charge in [0, 0.05) is 12.6 Å². The van der Waals surface area contributed by atoms with Gasteiger partial charge in [0.05, 0.1) is 0 Å². The Morgan fingerprint density at radius 2 is 2.05 bits per heavy atom. The van der Waals surface area contributed by atoms with Crippen molar-refractivity contribution < 1.29 is 4.79 Å². The molecule has 0 aliphatic carbocycles. The number of hydrogen-bond donors (Lipinski definition) is 2. The van der Waals surface area contributed by atoms with Crippen LogP contribution < -0.4 is 10.6 Å². The van der Waals surface area contributed by atoms with E-state index in [0.717, 1.165) is 25.2 Å². The van der Waals surface area contributed by atoms with Crippen molar-refractivity contribution in [2.24, 2.45) is 5.92 Å². The van der Waals surface area contributed by atoms with Crippen LogP contribution in [0.25, 0.3) is 5.65 Å². The zero-order chi connectivity index (χ0) is 13.8. The summed E-state index contributed by atoms with van der Waals surface area (Å²) in [6.45, 7) is 2.14. The van der Waals surface area contributed by atoms with E-state index in [1.165, 1.54) is 12.8 Å². The van der Waals surface area contributed by atoms with Gasteiger partial charge in [-0.2, -0.15) is 0 Å². The van der Waals surface area contributed by atoms with Gasteiger partial charge in [0.25, 0.3) is 0 Å². The predicted molar refractivity (Wildman–Crippen MR) is 90.9 cm³/mol. The fourth-order valence-corrected chi connectivity index (χ4v) is 2.62. The minimum atomic E-state index is 0. The average molecular weight is 346 g/mol. The number of amides is 1. The molecular formula is C14H21Cl2N5O. The van der Waals surface area contributed by atoms with Crippen LogP contribution in [0, 0.1) is 5.92 Å². The highest BCUT2D eigenvalue weighted by Gasteiger charge is 2.15. The molecule has 3 rings (SSSR count).